The molecule has 1 amide bonds. The molecule has 1 heterocycles. The Bertz CT molecular complexity index is 488. The number of carbonyl (C=O) groups is 1. The Balaban J connectivity index is 1.80. The van der Waals surface area contributed by atoms with Gasteiger partial charge in [-0.3, -0.25) is 4.79 Å². The fraction of sp³-hybridized carbons (Fsp3) is 0.588. The molecule has 21 heavy (non-hydrogen) atoms. The average Bonchev–Trinajstić information content (AvgIpc) is 2.50. The number of aryl methyl sites for hydroxylation is 2. The zero-order chi connectivity index (χ0) is 15.2. The number of nitrogens with one attached hydrogen (secondary N) is 1. The van der Waals surface area contributed by atoms with Crippen LogP contribution < -0.4 is 10.1 Å². The monoisotopic (exact) mass is 290 g/mol. The van der Waals surface area contributed by atoms with E-state index in [2.05, 4.69) is 17.4 Å². The number of ether oxygens (including phenoxy) is 1. The molecule has 1 atom stereocenters. The smallest absolute Gasteiger partial charge is 0.226 e. The molecule has 4 heteroatoms. The molecule has 0 bridgehead atoms. The summed E-state index contributed by atoms with van der Waals surface area (Å²) in [5.41, 5.74) is 2.29. The minimum Gasteiger partial charge on any atom is -0.493 e. The Labute approximate surface area is 127 Å². The average molecular weight is 290 g/mol. The molecule has 0 aliphatic carbocycles. The molecule has 1 fully saturated rings. The van der Waals surface area contributed by atoms with E-state index in [-0.39, 0.29) is 5.91 Å². The first-order chi connectivity index (χ1) is 10.1. The predicted octanol–water partition coefficient (Wildman–Crippen LogP) is 2.28. The molecule has 0 spiro atoms. The summed E-state index contributed by atoms with van der Waals surface area (Å²) >= 11 is 0. The van der Waals surface area contributed by atoms with E-state index in [0.29, 0.717) is 19.1 Å². The van der Waals surface area contributed by atoms with Crippen molar-refractivity contribution in [2.45, 2.75) is 39.2 Å². The van der Waals surface area contributed by atoms with Crippen molar-refractivity contribution in [3.63, 3.8) is 0 Å². The molecule has 1 aliphatic rings. The number of rotatable bonds is 5. The molecule has 1 aliphatic heterocycles. The van der Waals surface area contributed by atoms with E-state index in [1.807, 2.05) is 31.9 Å². The second-order valence-electron chi connectivity index (χ2n) is 5.83. The number of nitrogens with zero attached hydrogens (tertiary/aromatic N) is 1. The first kappa shape index (κ1) is 15.8. The summed E-state index contributed by atoms with van der Waals surface area (Å²) in [6, 6.07) is 6.58. The van der Waals surface area contributed by atoms with Crippen molar-refractivity contribution in [3.05, 3.63) is 29.3 Å². The van der Waals surface area contributed by atoms with Crippen LogP contribution in [-0.4, -0.2) is 43.6 Å². The van der Waals surface area contributed by atoms with Crippen LogP contribution in [0.1, 0.15) is 30.4 Å². The zero-order valence-electron chi connectivity index (χ0n) is 13.3. The summed E-state index contributed by atoms with van der Waals surface area (Å²) in [7, 11) is 1.96. The Morgan fingerprint density at radius 3 is 3.00 bits per heavy atom. The standard InChI is InChI=1S/C17H26N2O2/c1-13-6-7-14(2)16(11-13)21-10-8-17(20)19-9-4-5-15(12-19)18-3/h6-7,11,15,18H,4-5,8-10,12H2,1-3H3/t15-/m0/s1. The van der Waals surface area contributed by atoms with E-state index in [1.54, 1.807) is 0 Å². The van der Waals surface area contributed by atoms with Gasteiger partial charge >= 0.3 is 0 Å². The molecular formula is C17H26N2O2. The molecule has 0 radical (unpaired) electrons. The van der Waals surface area contributed by atoms with Crippen molar-refractivity contribution in [1.29, 1.82) is 0 Å². The maximum Gasteiger partial charge on any atom is 0.226 e. The van der Waals surface area contributed by atoms with Crippen molar-refractivity contribution < 1.29 is 9.53 Å². The fourth-order valence-corrected chi connectivity index (χ4v) is 2.71. The predicted molar refractivity (Wildman–Crippen MR) is 84.7 cm³/mol. The lowest BCUT2D eigenvalue weighted by Crippen LogP contribution is -2.47. The van der Waals surface area contributed by atoms with Crippen molar-refractivity contribution >= 4 is 5.91 Å². The number of piperidine rings is 1. The topological polar surface area (TPSA) is 41.6 Å². The highest BCUT2D eigenvalue weighted by atomic mass is 16.5. The summed E-state index contributed by atoms with van der Waals surface area (Å²) in [5.74, 6) is 1.08. The summed E-state index contributed by atoms with van der Waals surface area (Å²) in [4.78, 5) is 14.2. The molecule has 1 aromatic carbocycles. The number of likely N-dealkylation sites (N-methyl/N-ethyl adjacent to an activating group) is 1. The number of benzene rings is 1. The van der Waals surface area contributed by atoms with E-state index in [4.69, 9.17) is 4.74 Å². The largest absolute Gasteiger partial charge is 0.493 e. The van der Waals surface area contributed by atoms with Crippen molar-refractivity contribution in [2.24, 2.45) is 0 Å². The van der Waals surface area contributed by atoms with E-state index >= 15 is 0 Å². The lowest BCUT2D eigenvalue weighted by Gasteiger charge is -2.32. The molecule has 0 saturated carbocycles. The van der Waals surface area contributed by atoms with Gasteiger partial charge in [-0.25, -0.2) is 0 Å². The van der Waals surface area contributed by atoms with Gasteiger partial charge in [0.2, 0.25) is 5.91 Å². The third-order valence-electron chi connectivity index (χ3n) is 4.10. The quantitative estimate of drug-likeness (QED) is 0.904. The number of amides is 1. The van der Waals surface area contributed by atoms with Gasteiger partial charge in [0.1, 0.15) is 5.75 Å². The van der Waals surface area contributed by atoms with E-state index in [0.717, 1.165) is 37.2 Å². The SMILES string of the molecule is CN[C@H]1CCCN(C(=O)CCOc2cc(C)ccc2C)C1. The molecule has 1 saturated heterocycles. The zero-order valence-corrected chi connectivity index (χ0v) is 13.3. The van der Waals surface area contributed by atoms with Crippen LogP contribution in [0.3, 0.4) is 0 Å². The van der Waals surface area contributed by atoms with Gasteiger partial charge in [0.25, 0.3) is 0 Å². The van der Waals surface area contributed by atoms with E-state index < -0.39 is 0 Å². The molecule has 116 valence electrons. The van der Waals surface area contributed by atoms with E-state index in [9.17, 15) is 4.79 Å². The van der Waals surface area contributed by atoms with Crippen molar-refractivity contribution in [2.75, 3.05) is 26.7 Å². The van der Waals surface area contributed by atoms with Gasteiger partial charge in [0.05, 0.1) is 13.0 Å². The third kappa shape index (κ3) is 4.46. The van der Waals surface area contributed by atoms with E-state index in [1.165, 1.54) is 5.56 Å². The maximum absolute atomic E-state index is 12.2. The van der Waals surface area contributed by atoms with Crippen LogP contribution in [0.2, 0.25) is 0 Å². The van der Waals surface area contributed by atoms with Crippen molar-refractivity contribution in [3.8, 4) is 5.75 Å². The van der Waals surface area contributed by atoms with Crippen LogP contribution in [0.25, 0.3) is 0 Å². The minimum absolute atomic E-state index is 0.195. The Kier molecular flexibility index (Phi) is 5.62. The van der Waals surface area contributed by atoms with Gasteiger partial charge < -0.3 is 15.0 Å². The Morgan fingerprint density at radius 2 is 2.24 bits per heavy atom. The maximum atomic E-state index is 12.2. The molecule has 1 N–H and O–H groups in total. The normalized spacial score (nSPS) is 18.6. The summed E-state index contributed by atoms with van der Waals surface area (Å²) in [5, 5.41) is 3.26. The second kappa shape index (κ2) is 7.46. The van der Waals surface area contributed by atoms with Gasteiger partial charge in [-0.05, 0) is 50.9 Å². The van der Waals surface area contributed by atoms with Crippen LogP contribution >= 0.6 is 0 Å². The summed E-state index contributed by atoms with van der Waals surface area (Å²) < 4.78 is 5.77. The fourth-order valence-electron chi connectivity index (χ4n) is 2.71. The van der Waals surface area contributed by atoms with Crippen LogP contribution in [0.5, 0.6) is 5.75 Å². The number of hydrogen-bond donors (Lipinski definition) is 1. The molecular weight excluding hydrogens is 264 g/mol. The van der Waals surface area contributed by atoms with Crippen LogP contribution in [0.4, 0.5) is 0 Å². The second-order valence-corrected chi connectivity index (χ2v) is 5.83. The number of likely N-dealkylation sites (tertiary alicyclic amines) is 1. The highest BCUT2D eigenvalue weighted by molar-refractivity contribution is 5.76. The van der Waals surface area contributed by atoms with Gasteiger partial charge in [0.15, 0.2) is 0 Å². The lowest BCUT2D eigenvalue weighted by atomic mass is 10.1. The molecule has 1 aromatic rings. The van der Waals surface area contributed by atoms with Gasteiger partial charge in [-0.15, -0.1) is 0 Å². The van der Waals surface area contributed by atoms with Crippen molar-refractivity contribution in [1.82, 2.24) is 10.2 Å². The van der Waals surface area contributed by atoms with Crippen LogP contribution in [0, 0.1) is 13.8 Å². The van der Waals surface area contributed by atoms with Gasteiger partial charge in [0, 0.05) is 19.1 Å². The third-order valence-corrected chi connectivity index (χ3v) is 4.10. The molecule has 0 unspecified atom stereocenters. The molecule has 4 nitrogen and oxygen atoms in total. The number of carbonyl (C=O) groups excluding carboxylic acids is 1. The van der Waals surface area contributed by atoms with Gasteiger partial charge in [-0.1, -0.05) is 12.1 Å². The molecule has 2 rings (SSSR count). The van der Waals surface area contributed by atoms with Crippen LogP contribution in [0.15, 0.2) is 18.2 Å². The summed E-state index contributed by atoms with van der Waals surface area (Å²) in [6.07, 6.45) is 2.68. The van der Waals surface area contributed by atoms with Crippen LogP contribution in [-0.2, 0) is 4.79 Å². The minimum atomic E-state index is 0.195. The summed E-state index contributed by atoms with van der Waals surface area (Å²) in [6.45, 7) is 6.21. The molecule has 0 aromatic heterocycles. The Morgan fingerprint density at radius 1 is 1.43 bits per heavy atom. The Hall–Kier alpha value is -1.55. The number of hydrogen-bond acceptors (Lipinski definition) is 3. The first-order valence-electron chi connectivity index (χ1n) is 7.75. The first-order valence-corrected chi connectivity index (χ1v) is 7.75. The highest BCUT2D eigenvalue weighted by Gasteiger charge is 2.22. The lowest BCUT2D eigenvalue weighted by molar-refractivity contribution is -0.133. The van der Waals surface area contributed by atoms with Gasteiger partial charge in [-0.2, -0.15) is 0 Å². The highest BCUT2D eigenvalue weighted by Crippen LogP contribution is 2.19.